The third kappa shape index (κ3) is 4.00. The second-order valence-electron chi connectivity index (χ2n) is 2.10. The van der Waals surface area contributed by atoms with E-state index in [2.05, 4.69) is 4.94 Å². The van der Waals surface area contributed by atoms with Gasteiger partial charge in [0.2, 0.25) is 0 Å². The van der Waals surface area contributed by atoms with Gasteiger partial charge in [0.05, 0.1) is 0 Å². The molecular weight excluding hydrogens is 139 g/mol. The average molecular weight is 148 g/mol. The van der Waals surface area contributed by atoms with Crippen LogP contribution in [0.4, 0.5) is 4.53 Å². The van der Waals surface area contributed by atoms with E-state index in [4.69, 9.17) is 0 Å². The number of rotatable bonds is 4. The van der Waals surface area contributed by atoms with E-state index < -0.39 is 5.97 Å². The Bertz CT molecular complexity index is 124. The van der Waals surface area contributed by atoms with Gasteiger partial charge in [0, 0.05) is 16.9 Å². The van der Waals surface area contributed by atoms with Crippen molar-refractivity contribution in [1.82, 2.24) is 0 Å². The van der Waals surface area contributed by atoms with Gasteiger partial charge < -0.3 is 4.79 Å². The molecule has 0 saturated carbocycles. The lowest BCUT2D eigenvalue weighted by molar-refractivity contribution is -0.183. The van der Waals surface area contributed by atoms with E-state index in [0.29, 0.717) is 12.7 Å². The van der Waals surface area contributed by atoms with Crippen molar-refractivity contribution in [2.75, 3.05) is 0 Å². The fraction of sp³-hybridized carbons (Fsp3) is 0.667. The zero-order chi connectivity index (χ0) is 7.98. The van der Waals surface area contributed by atoms with E-state index in [0.717, 1.165) is 0 Å². The molecule has 0 saturated heterocycles. The van der Waals surface area contributed by atoms with Crippen LogP contribution in [0.2, 0.25) is 0 Å². The van der Waals surface area contributed by atoms with Crippen LogP contribution in [0, 0.1) is 5.92 Å². The van der Waals surface area contributed by atoms with Gasteiger partial charge in [-0.25, -0.2) is 4.79 Å². The van der Waals surface area contributed by atoms with Crippen LogP contribution >= 0.6 is 0 Å². The number of hydrogen-bond acceptors (Lipinski definition) is 3. The molecule has 10 heavy (non-hydrogen) atoms. The van der Waals surface area contributed by atoms with Gasteiger partial charge in [0.25, 0.3) is 0 Å². The van der Waals surface area contributed by atoms with Crippen molar-refractivity contribution >= 4 is 12.3 Å². The molecule has 1 unspecified atom stereocenters. The summed E-state index contributed by atoms with van der Waals surface area (Å²) in [5.74, 6) is -1.13. The molecule has 4 heteroatoms. The van der Waals surface area contributed by atoms with Crippen molar-refractivity contribution in [1.29, 1.82) is 0 Å². The van der Waals surface area contributed by atoms with E-state index >= 15 is 0 Å². The summed E-state index contributed by atoms with van der Waals surface area (Å²) >= 11 is 0. The normalized spacial score (nSPS) is 12.2. The molecule has 1 atom stereocenters. The average Bonchev–Trinajstić information content (AvgIpc) is 1.99. The minimum absolute atomic E-state index is 0.0452. The van der Waals surface area contributed by atoms with Crippen molar-refractivity contribution in [3.05, 3.63) is 0 Å². The summed E-state index contributed by atoms with van der Waals surface area (Å²) in [7, 11) is 0. The molecule has 0 fully saturated rings. The first-order chi connectivity index (χ1) is 4.70. The fourth-order valence-corrected chi connectivity index (χ4v) is 0.452. The Kier molecular flexibility index (Phi) is 4.45. The molecule has 0 aliphatic rings. The summed E-state index contributed by atoms with van der Waals surface area (Å²) in [5.41, 5.74) is 0. The molecule has 0 spiro atoms. The first-order valence-corrected chi connectivity index (χ1v) is 2.97. The number of halogens is 1. The Labute approximate surface area is 58.1 Å². The second kappa shape index (κ2) is 4.90. The zero-order valence-electron chi connectivity index (χ0n) is 5.67. The van der Waals surface area contributed by atoms with Gasteiger partial charge in [0.15, 0.2) is 0 Å². The monoisotopic (exact) mass is 148 g/mol. The van der Waals surface area contributed by atoms with Gasteiger partial charge in [-0.3, -0.25) is 4.94 Å². The van der Waals surface area contributed by atoms with Crippen LogP contribution in [0.15, 0.2) is 0 Å². The van der Waals surface area contributed by atoms with Crippen LogP contribution in [0.1, 0.15) is 19.8 Å². The van der Waals surface area contributed by atoms with Gasteiger partial charge in [-0.15, -0.1) is 0 Å². The zero-order valence-corrected chi connectivity index (χ0v) is 5.67. The molecule has 0 aromatic rings. The molecule has 0 heterocycles. The third-order valence-electron chi connectivity index (χ3n) is 1.12. The highest BCUT2D eigenvalue weighted by Crippen LogP contribution is 2.02. The summed E-state index contributed by atoms with van der Waals surface area (Å²) in [5, 5.41) is 0. The molecule has 0 N–H and O–H groups in total. The minimum atomic E-state index is -0.922. The number of hydrogen-bond donors (Lipinski definition) is 0. The quantitative estimate of drug-likeness (QED) is 0.559. The van der Waals surface area contributed by atoms with Crippen LogP contribution in [-0.2, 0) is 14.5 Å². The van der Waals surface area contributed by atoms with Gasteiger partial charge in [0.1, 0.15) is 6.29 Å². The summed E-state index contributed by atoms with van der Waals surface area (Å²) < 4.78 is 11.0. The maximum absolute atomic E-state index is 11.0. The van der Waals surface area contributed by atoms with E-state index in [9.17, 15) is 14.1 Å². The van der Waals surface area contributed by atoms with E-state index in [-0.39, 0.29) is 12.3 Å². The van der Waals surface area contributed by atoms with E-state index in [1.54, 1.807) is 6.92 Å². The summed E-state index contributed by atoms with van der Waals surface area (Å²) in [4.78, 5) is 23.0. The lowest BCUT2D eigenvalue weighted by Gasteiger charge is -1.97. The van der Waals surface area contributed by atoms with Crippen molar-refractivity contribution in [2.24, 2.45) is 5.92 Å². The molecule has 0 aromatic carbocycles. The van der Waals surface area contributed by atoms with Crippen molar-refractivity contribution in [3.63, 3.8) is 0 Å². The number of aldehydes is 1. The first kappa shape index (κ1) is 9.07. The molecule has 58 valence electrons. The summed E-state index contributed by atoms with van der Waals surface area (Å²) in [6.07, 6.45) is 1.01. The number of carbonyl (C=O) groups excluding carboxylic acids is 2. The Morgan fingerprint density at radius 3 is 2.80 bits per heavy atom. The van der Waals surface area contributed by atoms with E-state index in [1.165, 1.54) is 0 Å². The molecule has 0 aromatic heterocycles. The van der Waals surface area contributed by atoms with Crippen LogP contribution in [-0.4, -0.2) is 12.3 Å². The van der Waals surface area contributed by atoms with Gasteiger partial charge >= 0.3 is 5.97 Å². The molecule has 0 amide bonds. The molecule has 0 radical (unpaired) electrons. The molecule has 0 aliphatic heterocycles. The number of carbonyl (C=O) groups is 2. The topological polar surface area (TPSA) is 43.4 Å². The fourth-order valence-electron chi connectivity index (χ4n) is 0.452. The third-order valence-corrected chi connectivity index (χ3v) is 1.12. The molecule has 0 aliphatic carbocycles. The lowest BCUT2D eigenvalue weighted by Crippen LogP contribution is -2.02. The first-order valence-electron chi connectivity index (χ1n) is 2.97. The predicted octanol–water partition coefficient (Wildman–Crippen LogP) is 1.03. The molecule has 3 nitrogen and oxygen atoms in total. The van der Waals surface area contributed by atoms with Crippen molar-refractivity contribution in [2.45, 2.75) is 19.8 Å². The Morgan fingerprint density at radius 1 is 1.80 bits per heavy atom. The van der Waals surface area contributed by atoms with Crippen LogP contribution < -0.4 is 0 Å². The SMILES string of the molecule is CC(C=O)CCC(=O)OF. The standard InChI is InChI=1S/C6H9FO3/c1-5(4-8)2-3-6(9)10-7/h4-5H,2-3H2,1H3. The lowest BCUT2D eigenvalue weighted by atomic mass is 10.1. The Morgan fingerprint density at radius 2 is 2.40 bits per heavy atom. The highest BCUT2D eigenvalue weighted by Gasteiger charge is 2.06. The largest absolute Gasteiger partial charge is 0.348 e. The predicted molar refractivity (Wildman–Crippen MR) is 31.7 cm³/mol. The van der Waals surface area contributed by atoms with Crippen molar-refractivity contribution in [3.8, 4) is 0 Å². The summed E-state index contributed by atoms with van der Waals surface area (Å²) in [6.45, 7) is 1.65. The highest BCUT2D eigenvalue weighted by atomic mass is 19.3. The maximum atomic E-state index is 11.0. The highest BCUT2D eigenvalue weighted by molar-refractivity contribution is 5.69. The second-order valence-corrected chi connectivity index (χ2v) is 2.10. The molecular formula is C6H9FO3. The molecule has 0 bridgehead atoms. The molecule has 0 rings (SSSR count). The van der Waals surface area contributed by atoms with Gasteiger partial charge in [-0.1, -0.05) is 6.92 Å². The minimum Gasteiger partial charge on any atom is -0.303 e. The summed E-state index contributed by atoms with van der Waals surface area (Å²) in [6, 6.07) is 0. The van der Waals surface area contributed by atoms with Crippen molar-refractivity contribution < 1.29 is 19.1 Å². The van der Waals surface area contributed by atoms with Gasteiger partial charge in [-0.2, -0.15) is 0 Å². The smallest absolute Gasteiger partial charge is 0.303 e. The van der Waals surface area contributed by atoms with Crippen LogP contribution in [0.5, 0.6) is 0 Å². The maximum Gasteiger partial charge on any atom is 0.348 e. The van der Waals surface area contributed by atoms with E-state index in [1.807, 2.05) is 0 Å². The Hall–Kier alpha value is -0.930. The van der Waals surface area contributed by atoms with Gasteiger partial charge in [-0.05, 0) is 6.42 Å². The Balaban J connectivity index is 3.34. The van der Waals surface area contributed by atoms with Crippen LogP contribution in [0.3, 0.4) is 0 Å². The van der Waals surface area contributed by atoms with Crippen LogP contribution in [0.25, 0.3) is 0 Å².